The Labute approximate surface area is 323 Å². The van der Waals surface area contributed by atoms with E-state index < -0.39 is 0 Å². The number of carbonyl (C=O) groups is 1. The number of aryl methyl sites for hydroxylation is 3. The Bertz CT molecular complexity index is 2350. The normalized spacial score (nSPS) is 19.8. The van der Waals surface area contributed by atoms with Crippen LogP contribution >= 0.6 is 23.2 Å². The van der Waals surface area contributed by atoms with Crippen molar-refractivity contribution in [1.29, 1.82) is 0 Å². The second-order valence-corrected chi connectivity index (χ2v) is 15.2. The SMILES string of the molecule is COCCN1CC[C@]2(CCN([C@@H]3CCc4cc(-c5cccc(-c6cccc(Nc7nc(C)cc8cnn(C)c(=O)c78)c6Cl)c5Cl)nc(OC)c43)C2)NC1=O. The Morgan fingerprint density at radius 1 is 1.00 bits per heavy atom. The maximum absolute atomic E-state index is 13.1. The number of ether oxygens (including phenoxy) is 2. The lowest BCUT2D eigenvalue weighted by Gasteiger charge is -2.40. The van der Waals surface area contributed by atoms with E-state index in [4.69, 9.17) is 37.7 Å². The molecule has 2 fully saturated rings. The fraction of sp³-hybridized carbons (Fsp3) is 0.375. The largest absolute Gasteiger partial charge is 0.481 e. The van der Waals surface area contributed by atoms with Gasteiger partial charge in [0.05, 0.1) is 52.3 Å². The van der Waals surface area contributed by atoms with Crippen LogP contribution in [0.2, 0.25) is 10.0 Å². The van der Waals surface area contributed by atoms with E-state index in [1.165, 1.54) is 10.2 Å². The molecule has 2 amide bonds. The number of carbonyl (C=O) groups excluding carboxylic acids is 1. The van der Waals surface area contributed by atoms with Crippen LogP contribution in [0.15, 0.2) is 59.5 Å². The van der Waals surface area contributed by atoms with E-state index in [1.807, 2.05) is 54.3 Å². The number of halogens is 2. The topological polar surface area (TPSA) is 127 Å². The van der Waals surface area contributed by atoms with Crippen LogP contribution in [-0.4, -0.2) is 88.1 Å². The Hall–Kier alpha value is -4.75. The van der Waals surface area contributed by atoms with E-state index in [0.717, 1.165) is 73.4 Å². The Balaban J connectivity index is 1.07. The average Bonchev–Trinajstić information content (AvgIpc) is 3.78. The summed E-state index contributed by atoms with van der Waals surface area (Å²) >= 11 is 14.3. The minimum absolute atomic E-state index is 0.0129. The van der Waals surface area contributed by atoms with E-state index in [1.54, 1.807) is 27.5 Å². The summed E-state index contributed by atoms with van der Waals surface area (Å²) in [5, 5.41) is 12.9. The van der Waals surface area contributed by atoms with Gasteiger partial charge < -0.3 is 25.0 Å². The number of aromatic nitrogens is 4. The van der Waals surface area contributed by atoms with Crippen LogP contribution < -0.4 is 20.9 Å². The van der Waals surface area contributed by atoms with Gasteiger partial charge in [-0.15, -0.1) is 0 Å². The van der Waals surface area contributed by atoms with Crippen LogP contribution in [0.1, 0.15) is 42.1 Å². The van der Waals surface area contributed by atoms with Crippen LogP contribution in [0, 0.1) is 6.92 Å². The second kappa shape index (κ2) is 14.5. The van der Waals surface area contributed by atoms with Crippen molar-refractivity contribution in [3.63, 3.8) is 0 Å². The quantitative estimate of drug-likeness (QED) is 0.164. The summed E-state index contributed by atoms with van der Waals surface area (Å²) in [6.07, 6.45) is 5.29. The molecular formula is C40H42Cl2N8O4. The number of anilines is 2. The maximum Gasteiger partial charge on any atom is 0.317 e. The number of hydrogen-bond donors (Lipinski definition) is 2. The number of nitrogens with one attached hydrogen (secondary N) is 2. The summed E-state index contributed by atoms with van der Waals surface area (Å²) < 4.78 is 12.5. The molecule has 0 unspecified atom stereocenters. The second-order valence-electron chi connectivity index (χ2n) is 14.4. The van der Waals surface area contributed by atoms with Gasteiger partial charge in [-0.25, -0.2) is 19.4 Å². The predicted octanol–water partition coefficient (Wildman–Crippen LogP) is 6.92. The summed E-state index contributed by atoms with van der Waals surface area (Å²) in [6.45, 7) is 5.40. The number of benzene rings is 2. The van der Waals surface area contributed by atoms with Crippen LogP contribution in [0.5, 0.6) is 5.88 Å². The zero-order chi connectivity index (χ0) is 37.7. The highest BCUT2D eigenvalue weighted by molar-refractivity contribution is 6.39. The number of methoxy groups -OCH3 is 2. The summed E-state index contributed by atoms with van der Waals surface area (Å²) in [5.74, 6) is 0.992. The van der Waals surface area contributed by atoms with Gasteiger partial charge in [-0.2, -0.15) is 5.10 Å². The monoisotopic (exact) mass is 768 g/mol. The van der Waals surface area contributed by atoms with Crippen LogP contribution in [0.3, 0.4) is 0 Å². The third-order valence-electron chi connectivity index (χ3n) is 11.1. The Morgan fingerprint density at radius 2 is 1.76 bits per heavy atom. The summed E-state index contributed by atoms with van der Waals surface area (Å²) in [7, 11) is 4.93. The van der Waals surface area contributed by atoms with Gasteiger partial charge in [0, 0.05) is 79.7 Å². The minimum atomic E-state index is -0.262. The zero-order valence-electron chi connectivity index (χ0n) is 30.7. The van der Waals surface area contributed by atoms with E-state index in [0.29, 0.717) is 56.9 Å². The molecule has 2 N–H and O–H groups in total. The molecule has 2 saturated heterocycles. The standard InChI is InChI=1S/C40H42Cl2N8O4/c1-23-19-25-21-43-48(2)38(51)33(25)36(44-23)45-29-10-6-8-27(35(29)42)26-7-5-9-28(34(26)41)30-20-24-11-12-31(32(24)37(46-30)54-4)50-16-14-40(22-50)13-15-49(17-18-53-3)39(52)47-40/h5-10,19-21,31H,11-18,22H2,1-4H3,(H,44,45)(H,47,52)/t31-,40-/m1/s1. The summed E-state index contributed by atoms with van der Waals surface area (Å²) in [5.41, 5.74) is 6.05. The van der Waals surface area contributed by atoms with E-state index in [2.05, 4.69) is 31.7 Å². The number of hydrogen-bond acceptors (Lipinski definition) is 9. The molecule has 5 heterocycles. The molecule has 2 aliphatic heterocycles. The lowest BCUT2D eigenvalue weighted by Crippen LogP contribution is -2.61. The van der Waals surface area contributed by atoms with Gasteiger partial charge >= 0.3 is 6.03 Å². The molecule has 1 spiro atoms. The fourth-order valence-electron chi connectivity index (χ4n) is 8.33. The number of rotatable bonds is 9. The van der Waals surface area contributed by atoms with Gasteiger partial charge in [0.25, 0.3) is 5.56 Å². The highest BCUT2D eigenvalue weighted by Crippen LogP contribution is 2.47. The molecular weight excluding hydrogens is 727 g/mol. The van der Waals surface area contributed by atoms with Gasteiger partial charge in [-0.05, 0) is 56.4 Å². The summed E-state index contributed by atoms with van der Waals surface area (Å²) in [4.78, 5) is 40.1. The van der Waals surface area contributed by atoms with Gasteiger partial charge in [-0.3, -0.25) is 9.69 Å². The van der Waals surface area contributed by atoms with E-state index in [9.17, 15) is 9.59 Å². The third-order valence-corrected chi connectivity index (χ3v) is 11.9. The molecule has 3 aromatic heterocycles. The molecule has 54 heavy (non-hydrogen) atoms. The predicted molar refractivity (Wildman–Crippen MR) is 211 cm³/mol. The van der Waals surface area contributed by atoms with Crippen molar-refractivity contribution >= 4 is 51.5 Å². The smallest absolute Gasteiger partial charge is 0.317 e. The van der Waals surface area contributed by atoms with Crippen LogP contribution in [-0.2, 0) is 18.2 Å². The van der Waals surface area contributed by atoms with Crippen molar-refractivity contribution < 1.29 is 14.3 Å². The molecule has 0 bridgehead atoms. The van der Waals surface area contributed by atoms with Crippen molar-refractivity contribution in [3.8, 4) is 28.3 Å². The molecule has 0 radical (unpaired) electrons. The zero-order valence-corrected chi connectivity index (χ0v) is 32.2. The molecule has 5 aromatic rings. The molecule has 3 aliphatic rings. The first-order valence-electron chi connectivity index (χ1n) is 18.2. The van der Waals surface area contributed by atoms with Crippen LogP contribution in [0.4, 0.5) is 16.3 Å². The number of pyridine rings is 2. The van der Waals surface area contributed by atoms with Gasteiger partial charge in [0.15, 0.2) is 0 Å². The fourth-order valence-corrected chi connectivity index (χ4v) is 8.93. The molecule has 2 aromatic carbocycles. The molecule has 8 rings (SSSR count). The van der Waals surface area contributed by atoms with Crippen LogP contribution in [0.25, 0.3) is 33.2 Å². The average molecular weight is 770 g/mol. The minimum Gasteiger partial charge on any atom is -0.481 e. The lowest BCUT2D eigenvalue weighted by atomic mass is 9.92. The lowest BCUT2D eigenvalue weighted by molar-refractivity contribution is 0.114. The number of likely N-dealkylation sites (tertiary alicyclic amines) is 1. The van der Waals surface area contributed by atoms with Crippen molar-refractivity contribution in [2.45, 2.75) is 44.2 Å². The highest BCUT2D eigenvalue weighted by Gasteiger charge is 2.46. The first-order valence-corrected chi connectivity index (χ1v) is 18.9. The number of fused-ring (bicyclic) bond motifs is 2. The number of amides is 2. The first-order chi connectivity index (χ1) is 26.1. The number of nitrogens with zero attached hydrogens (tertiary/aromatic N) is 6. The van der Waals surface area contributed by atoms with Crippen molar-refractivity contribution in [2.24, 2.45) is 7.05 Å². The van der Waals surface area contributed by atoms with Gasteiger partial charge in [-0.1, -0.05) is 53.5 Å². The molecule has 12 nitrogen and oxygen atoms in total. The first kappa shape index (κ1) is 36.2. The highest BCUT2D eigenvalue weighted by atomic mass is 35.5. The van der Waals surface area contributed by atoms with Gasteiger partial charge in [0.1, 0.15) is 5.82 Å². The third kappa shape index (κ3) is 6.44. The van der Waals surface area contributed by atoms with Crippen molar-refractivity contribution in [2.75, 3.05) is 52.3 Å². The molecule has 14 heteroatoms. The number of urea groups is 1. The van der Waals surface area contributed by atoms with Gasteiger partial charge in [0.2, 0.25) is 5.88 Å². The molecule has 280 valence electrons. The van der Waals surface area contributed by atoms with E-state index >= 15 is 0 Å². The molecule has 0 saturated carbocycles. The maximum atomic E-state index is 13.1. The van der Waals surface area contributed by atoms with E-state index in [-0.39, 0.29) is 23.2 Å². The Kier molecular flexibility index (Phi) is 9.72. The summed E-state index contributed by atoms with van der Waals surface area (Å²) in [6, 6.07) is 15.6. The molecule has 2 atom stereocenters. The molecule has 1 aliphatic carbocycles. The van der Waals surface area contributed by atoms with Crippen molar-refractivity contribution in [1.82, 2.24) is 34.9 Å². The van der Waals surface area contributed by atoms with Crippen molar-refractivity contribution in [3.05, 3.63) is 91.9 Å². The Morgan fingerprint density at radius 3 is 2.54 bits per heavy atom.